The van der Waals surface area contributed by atoms with Crippen molar-refractivity contribution in [1.82, 2.24) is 5.32 Å². The van der Waals surface area contributed by atoms with Crippen LogP contribution in [0, 0.1) is 5.41 Å². The van der Waals surface area contributed by atoms with Crippen LogP contribution >= 0.6 is 0 Å². The fourth-order valence-corrected chi connectivity index (χ4v) is 1.52. The van der Waals surface area contributed by atoms with Gasteiger partial charge in [0.25, 0.3) is 0 Å². The van der Waals surface area contributed by atoms with Crippen molar-refractivity contribution >= 4 is 0 Å². The van der Waals surface area contributed by atoms with E-state index < -0.39 is 0 Å². The minimum Gasteiger partial charge on any atom is -0.396 e. The van der Waals surface area contributed by atoms with E-state index in [0.29, 0.717) is 11.5 Å². The molecule has 0 saturated carbocycles. The van der Waals surface area contributed by atoms with Crippen molar-refractivity contribution in [2.24, 2.45) is 5.41 Å². The monoisotopic (exact) mass is 187 g/mol. The van der Waals surface area contributed by atoms with Crippen LogP contribution in [-0.2, 0) is 0 Å². The van der Waals surface area contributed by atoms with Crippen LogP contribution in [0.15, 0.2) is 0 Å². The second-order valence-electron chi connectivity index (χ2n) is 4.93. The normalized spacial score (nSPS) is 14.5. The van der Waals surface area contributed by atoms with Gasteiger partial charge < -0.3 is 10.4 Å². The standard InChI is InChI=1S/C11H25NO/c1-5-7-12-10(6-8-13)9-11(2,3)4/h10,12-13H,5-9H2,1-4H3. The Morgan fingerprint density at radius 1 is 1.31 bits per heavy atom. The van der Waals surface area contributed by atoms with Gasteiger partial charge in [-0.05, 0) is 31.2 Å². The highest BCUT2D eigenvalue weighted by Crippen LogP contribution is 2.21. The molecule has 2 heteroatoms. The van der Waals surface area contributed by atoms with Crippen molar-refractivity contribution in [3.05, 3.63) is 0 Å². The third-order valence-corrected chi connectivity index (χ3v) is 2.02. The summed E-state index contributed by atoms with van der Waals surface area (Å²) in [4.78, 5) is 0. The van der Waals surface area contributed by atoms with Crippen molar-refractivity contribution in [2.45, 2.75) is 53.0 Å². The molecular formula is C11H25NO. The topological polar surface area (TPSA) is 32.3 Å². The first-order chi connectivity index (χ1) is 5.99. The van der Waals surface area contributed by atoms with E-state index in [-0.39, 0.29) is 6.61 Å². The summed E-state index contributed by atoms with van der Waals surface area (Å²) in [6, 6.07) is 0.477. The van der Waals surface area contributed by atoms with Gasteiger partial charge in [0.2, 0.25) is 0 Å². The largest absolute Gasteiger partial charge is 0.396 e. The predicted molar refractivity (Wildman–Crippen MR) is 57.9 cm³/mol. The molecule has 0 rings (SSSR count). The molecule has 0 aliphatic carbocycles. The van der Waals surface area contributed by atoms with Gasteiger partial charge in [-0.2, -0.15) is 0 Å². The minimum atomic E-state index is 0.289. The molecule has 1 unspecified atom stereocenters. The lowest BCUT2D eigenvalue weighted by Gasteiger charge is -2.26. The Morgan fingerprint density at radius 2 is 1.92 bits per heavy atom. The maximum absolute atomic E-state index is 8.89. The fourth-order valence-electron chi connectivity index (χ4n) is 1.52. The van der Waals surface area contributed by atoms with Crippen molar-refractivity contribution in [1.29, 1.82) is 0 Å². The molecule has 80 valence electrons. The predicted octanol–water partition coefficient (Wildman–Crippen LogP) is 2.17. The average molecular weight is 187 g/mol. The highest BCUT2D eigenvalue weighted by Gasteiger charge is 2.17. The zero-order valence-corrected chi connectivity index (χ0v) is 9.56. The van der Waals surface area contributed by atoms with Gasteiger partial charge in [-0.25, -0.2) is 0 Å². The van der Waals surface area contributed by atoms with Gasteiger partial charge >= 0.3 is 0 Å². The second kappa shape index (κ2) is 6.39. The molecule has 0 aromatic rings. The summed E-state index contributed by atoms with van der Waals surface area (Å²) in [6.07, 6.45) is 3.16. The molecule has 1 atom stereocenters. The van der Waals surface area contributed by atoms with Crippen LogP contribution in [0.25, 0.3) is 0 Å². The number of rotatable bonds is 6. The van der Waals surface area contributed by atoms with Crippen LogP contribution in [0.5, 0.6) is 0 Å². The Hall–Kier alpha value is -0.0800. The van der Waals surface area contributed by atoms with E-state index in [1.54, 1.807) is 0 Å². The van der Waals surface area contributed by atoms with Crippen LogP contribution in [0.4, 0.5) is 0 Å². The average Bonchev–Trinajstić information content (AvgIpc) is 1.98. The first-order valence-corrected chi connectivity index (χ1v) is 5.34. The van der Waals surface area contributed by atoms with E-state index in [0.717, 1.165) is 25.8 Å². The molecule has 0 radical (unpaired) electrons. The molecule has 2 N–H and O–H groups in total. The van der Waals surface area contributed by atoms with Crippen molar-refractivity contribution in [3.63, 3.8) is 0 Å². The molecule has 0 fully saturated rings. The van der Waals surface area contributed by atoms with Crippen molar-refractivity contribution in [3.8, 4) is 0 Å². The van der Waals surface area contributed by atoms with Crippen LogP contribution in [0.3, 0.4) is 0 Å². The van der Waals surface area contributed by atoms with Gasteiger partial charge in [-0.3, -0.25) is 0 Å². The number of hydrogen-bond donors (Lipinski definition) is 2. The highest BCUT2D eigenvalue weighted by molar-refractivity contribution is 4.74. The summed E-state index contributed by atoms with van der Waals surface area (Å²) in [5.41, 5.74) is 0.348. The van der Waals surface area contributed by atoms with E-state index in [1.165, 1.54) is 0 Å². The maximum atomic E-state index is 8.89. The van der Waals surface area contributed by atoms with E-state index in [1.807, 2.05) is 0 Å². The molecule has 0 aliphatic heterocycles. The van der Waals surface area contributed by atoms with E-state index in [4.69, 9.17) is 5.11 Å². The summed E-state index contributed by atoms with van der Waals surface area (Å²) < 4.78 is 0. The summed E-state index contributed by atoms with van der Waals surface area (Å²) in [6.45, 7) is 10.2. The zero-order valence-electron chi connectivity index (χ0n) is 9.56. The first kappa shape index (κ1) is 12.9. The smallest absolute Gasteiger partial charge is 0.0445 e. The molecule has 0 aromatic heterocycles. The van der Waals surface area contributed by atoms with Gasteiger partial charge in [-0.15, -0.1) is 0 Å². The van der Waals surface area contributed by atoms with Gasteiger partial charge in [0.1, 0.15) is 0 Å². The van der Waals surface area contributed by atoms with E-state index in [9.17, 15) is 0 Å². The Bertz CT molecular complexity index is 118. The minimum absolute atomic E-state index is 0.289. The lowest BCUT2D eigenvalue weighted by Crippen LogP contribution is -2.34. The lowest BCUT2D eigenvalue weighted by atomic mass is 9.87. The summed E-state index contributed by atoms with van der Waals surface area (Å²) in [5, 5.41) is 12.4. The molecule has 0 aliphatic rings. The summed E-state index contributed by atoms with van der Waals surface area (Å²) in [5.74, 6) is 0. The van der Waals surface area contributed by atoms with Crippen LogP contribution in [0.2, 0.25) is 0 Å². The van der Waals surface area contributed by atoms with E-state index >= 15 is 0 Å². The summed E-state index contributed by atoms with van der Waals surface area (Å²) in [7, 11) is 0. The Balaban J connectivity index is 3.79. The zero-order chi connectivity index (χ0) is 10.3. The Morgan fingerprint density at radius 3 is 2.31 bits per heavy atom. The van der Waals surface area contributed by atoms with Gasteiger partial charge in [0.15, 0.2) is 0 Å². The fraction of sp³-hybridized carbons (Fsp3) is 1.00. The van der Waals surface area contributed by atoms with Gasteiger partial charge in [0, 0.05) is 12.6 Å². The van der Waals surface area contributed by atoms with Gasteiger partial charge in [0.05, 0.1) is 0 Å². The van der Waals surface area contributed by atoms with Crippen LogP contribution in [-0.4, -0.2) is 24.3 Å². The molecule has 0 aromatic carbocycles. The molecule has 0 heterocycles. The molecule has 13 heavy (non-hydrogen) atoms. The summed E-state index contributed by atoms with van der Waals surface area (Å²) >= 11 is 0. The molecule has 0 saturated heterocycles. The van der Waals surface area contributed by atoms with Crippen LogP contribution < -0.4 is 5.32 Å². The van der Waals surface area contributed by atoms with E-state index in [2.05, 4.69) is 33.0 Å². The number of hydrogen-bond acceptors (Lipinski definition) is 2. The Labute approximate surface area is 82.7 Å². The SMILES string of the molecule is CCCNC(CCO)CC(C)(C)C. The number of nitrogens with one attached hydrogen (secondary N) is 1. The highest BCUT2D eigenvalue weighted by atomic mass is 16.3. The maximum Gasteiger partial charge on any atom is 0.0445 e. The quantitative estimate of drug-likeness (QED) is 0.668. The molecular weight excluding hydrogens is 162 g/mol. The third kappa shape index (κ3) is 8.26. The van der Waals surface area contributed by atoms with Crippen molar-refractivity contribution in [2.75, 3.05) is 13.2 Å². The lowest BCUT2D eigenvalue weighted by molar-refractivity contribution is 0.232. The van der Waals surface area contributed by atoms with Crippen molar-refractivity contribution < 1.29 is 5.11 Å². The molecule has 2 nitrogen and oxygen atoms in total. The molecule has 0 amide bonds. The second-order valence-corrected chi connectivity index (χ2v) is 4.93. The molecule has 0 bridgehead atoms. The number of aliphatic hydroxyl groups is 1. The third-order valence-electron chi connectivity index (χ3n) is 2.02. The first-order valence-electron chi connectivity index (χ1n) is 5.34. The number of aliphatic hydroxyl groups excluding tert-OH is 1. The molecule has 0 spiro atoms. The Kier molecular flexibility index (Phi) is 6.35. The van der Waals surface area contributed by atoms with Crippen LogP contribution in [0.1, 0.15) is 47.0 Å². The van der Waals surface area contributed by atoms with Gasteiger partial charge in [-0.1, -0.05) is 27.7 Å².